The van der Waals surface area contributed by atoms with E-state index >= 15 is 0 Å². The minimum absolute atomic E-state index is 0.152. The van der Waals surface area contributed by atoms with Gasteiger partial charge in [-0.05, 0) is 32.1 Å². The van der Waals surface area contributed by atoms with E-state index in [1.165, 1.54) is 6.42 Å². The number of aryl methyl sites for hydroxylation is 1. The van der Waals surface area contributed by atoms with Gasteiger partial charge in [-0.15, -0.1) is 0 Å². The summed E-state index contributed by atoms with van der Waals surface area (Å²) in [4.78, 5) is 4.54. The molecular formula is C12H18N2O2. The summed E-state index contributed by atoms with van der Waals surface area (Å²) in [6, 6.07) is 0. The predicted octanol–water partition coefficient (Wildman–Crippen LogP) is 1.95. The summed E-state index contributed by atoms with van der Waals surface area (Å²) in [7, 11) is 0. The van der Waals surface area contributed by atoms with E-state index in [4.69, 9.17) is 4.74 Å². The molecule has 0 amide bonds. The predicted molar refractivity (Wildman–Crippen MR) is 59.0 cm³/mol. The van der Waals surface area contributed by atoms with E-state index in [0.717, 1.165) is 50.4 Å². The number of aliphatic hydroxyl groups is 1. The minimum atomic E-state index is -0.383. The van der Waals surface area contributed by atoms with Gasteiger partial charge in [0.25, 0.3) is 0 Å². The van der Waals surface area contributed by atoms with Crippen LogP contribution >= 0.6 is 0 Å². The zero-order chi connectivity index (χ0) is 11.0. The number of aliphatic hydroxyl groups excluding tert-OH is 1. The van der Waals surface area contributed by atoms with Crippen LogP contribution in [0.3, 0.4) is 0 Å². The normalized spacial score (nSPS) is 30.1. The van der Waals surface area contributed by atoms with Crippen LogP contribution in [0.4, 0.5) is 0 Å². The number of hydrogen-bond donors (Lipinski definition) is 1. The second kappa shape index (κ2) is 4.18. The fourth-order valence-electron chi connectivity index (χ4n) is 2.61. The van der Waals surface area contributed by atoms with Crippen LogP contribution in [0.5, 0.6) is 0 Å². The molecule has 2 aliphatic heterocycles. The number of rotatable bonds is 1. The second-order valence-corrected chi connectivity index (χ2v) is 4.73. The van der Waals surface area contributed by atoms with E-state index in [-0.39, 0.29) is 12.2 Å². The molecule has 3 heterocycles. The van der Waals surface area contributed by atoms with Crippen molar-refractivity contribution in [1.29, 1.82) is 0 Å². The quantitative estimate of drug-likeness (QED) is 0.790. The molecule has 1 N–H and O–H groups in total. The van der Waals surface area contributed by atoms with Crippen LogP contribution in [0.25, 0.3) is 0 Å². The van der Waals surface area contributed by atoms with Crippen molar-refractivity contribution in [1.82, 2.24) is 9.55 Å². The molecule has 3 rings (SSSR count). The Balaban J connectivity index is 1.85. The molecule has 88 valence electrons. The Hall–Kier alpha value is -0.870. The third-order valence-electron chi connectivity index (χ3n) is 3.51. The molecule has 16 heavy (non-hydrogen) atoms. The number of hydrogen-bond acceptors (Lipinski definition) is 3. The van der Waals surface area contributed by atoms with Crippen LogP contribution in [0.2, 0.25) is 0 Å². The summed E-state index contributed by atoms with van der Waals surface area (Å²) >= 11 is 0. The summed E-state index contributed by atoms with van der Waals surface area (Å²) in [6.45, 7) is 1.82. The fourth-order valence-corrected chi connectivity index (χ4v) is 2.61. The first-order chi connectivity index (χ1) is 7.84. The average Bonchev–Trinajstić information content (AvgIpc) is 2.76. The fraction of sp³-hybridized carbons (Fsp3) is 0.750. The Bertz CT molecular complexity index is 369. The summed E-state index contributed by atoms with van der Waals surface area (Å²) in [5, 5.41) is 9.85. The Morgan fingerprint density at radius 3 is 3.00 bits per heavy atom. The van der Waals surface area contributed by atoms with Crippen molar-refractivity contribution in [3.63, 3.8) is 0 Å². The van der Waals surface area contributed by atoms with E-state index in [1.807, 2.05) is 0 Å². The molecule has 1 aromatic heterocycles. The number of imidazole rings is 1. The summed E-state index contributed by atoms with van der Waals surface area (Å²) in [5.74, 6) is 0.829. The van der Waals surface area contributed by atoms with E-state index in [1.54, 1.807) is 0 Å². The van der Waals surface area contributed by atoms with Crippen LogP contribution in [0.15, 0.2) is 6.20 Å². The first-order valence-corrected chi connectivity index (χ1v) is 6.21. The second-order valence-electron chi connectivity index (χ2n) is 4.73. The van der Waals surface area contributed by atoms with Crippen molar-refractivity contribution in [2.75, 3.05) is 6.61 Å². The van der Waals surface area contributed by atoms with Gasteiger partial charge in [0.05, 0.1) is 5.69 Å². The van der Waals surface area contributed by atoms with Gasteiger partial charge < -0.3 is 14.4 Å². The molecule has 0 aromatic carbocycles. The van der Waals surface area contributed by atoms with E-state index in [2.05, 4.69) is 15.7 Å². The molecule has 4 heteroatoms. The van der Waals surface area contributed by atoms with Crippen molar-refractivity contribution in [3.05, 3.63) is 17.7 Å². The Labute approximate surface area is 95.3 Å². The van der Waals surface area contributed by atoms with E-state index in [0.29, 0.717) is 0 Å². The zero-order valence-corrected chi connectivity index (χ0v) is 9.43. The van der Waals surface area contributed by atoms with Gasteiger partial charge in [0.2, 0.25) is 0 Å². The first kappa shape index (κ1) is 10.3. The summed E-state index contributed by atoms with van der Waals surface area (Å²) in [6.07, 6.45) is 7.14. The smallest absolute Gasteiger partial charge is 0.138 e. The van der Waals surface area contributed by atoms with Crippen molar-refractivity contribution in [2.45, 2.75) is 50.9 Å². The summed E-state index contributed by atoms with van der Waals surface area (Å²) in [5.41, 5.74) is 1.01. The zero-order valence-electron chi connectivity index (χ0n) is 9.43. The molecule has 1 fully saturated rings. The summed E-state index contributed by atoms with van der Waals surface area (Å²) < 4.78 is 7.80. The first-order valence-electron chi connectivity index (χ1n) is 6.21. The number of nitrogens with zero attached hydrogens (tertiary/aromatic N) is 2. The van der Waals surface area contributed by atoms with Crippen molar-refractivity contribution in [2.24, 2.45) is 0 Å². The van der Waals surface area contributed by atoms with Crippen molar-refractivity contribution < 1.29 is 9.84 Å². The maximum atomic E-state index is 9.85. The Kier molecular flexibility index (Phi) is 2.69. The number of aromatic nitrogens is 2. The van der Waals surface area contributed by atoms with Gasteiger partial charge >= 0.3 is 0 Å². The van der Waals surface area contributed by atoms with Gasteiger partial charge in [-0.1, -0.05) is 0 Å². The van der Waals surface area contributed by atoms with Gasteiger partial charge in [-0.3, -0.25) is 0 Å². The van der Waals surface area contributed by atoms with Crippen LogP contribution < -0.4 is 0 Å². The highest BCUT2D eigenvalue weighted by molar-refractivity contribution is 5.11. The lowest BCUT2D eigenvalue weighted by Gasteiger charge is -2.20. The van der Waals surface area contributed by atoms with Gasteiger partial charge in [-0.25, -0.2) is 4.98 Å². The van der Waals surface area contributed by atoms with Crippen LogP contribution in [-0.2, 0) is 11.3 Å². The lowest BCUT2D eigenvalue weighted by atomic mass is 10.1. The van der Waals surface area contributed by atoms with Crippen LogP contribution in [-0.4, -0.2) is 21.3 Å². The topological polar surface area (TPSA) is 47.3 Å². The minimum Gasteiger partial charge on any atom is -0.385 e. The number of fused-ring (bicyclic) bond motifs is 1. The van der Waals surface area contributed by atoms with E-state index < -0.39 is 0 Å². The number of ether oxygens (including phenoxy) is 1. The highest BCUT2D eigenvalue weighted by Gasteiger charge is 2.25. The SMILES string of the molecule is OC1CCCn2cc(C3CCCCO3)nc21. The molecule has 4 nitrogen and oxygen atoms in total. The monoisotopic (exact) mass is 222 g/mol. The van der Waals surface area contributed by atoms with Gasteiger partial charge in [0.1, 0.15) is 18.0 Å². The lowest BCUT2D eigenvalue weighted by Crippen LogP contribution is -2.14. The molecule has 0 bridgehead atoms. The third-order valence-corrected chi connectivity index (χ3v) is 3.51. The van der Waals surface area contributed by atoms with Gasteiger partial charge in [-0.2, -0.15) is 0 Å². The highest BCUT2D eigenvalue weighted by Crippen LogP contribution is 2.30. The molecule has 0 aliphatic carbocycles. The maximum Gasteiger partial charge on any atom is 0.138 e. The average molecular weight is 222 g/mol. The maximum absolute atomic E-state index is 9.85. The Morgan fingerprint density at radius 1 is 1.31 bits per heavy atom. The van der Waals surface area contributed by atoms with E-state index in [9.17, 15) is 5.11 Å². The molecular weight excluding hydrogens is 204 g/mol. The largest absolute Gasteiger partial charge is 0.385 e. The molecule has 1 aromatic rings. The molecule has 0 radical (unpaired) electrons. The standard InChI is InChI=1S/C12H18N2O2/c15-10-4-3-6-14-8-9(13-12(10)14)11-5-1-2-7-16-11/h8,10-11,15H,1-7H2. The van der Waals surface area contributed by atoms with Gasteiger partial charge in [0.15, 0.2) is 0 Å². The third kappa shape index (κ3) is 1.76. The lowest BCUT2D eigenvalue weighted by molar-refractivity contribution is 0.0123. The molecule has 2 atom stereocenters. The Morgan fingerprint density at radius 2 is 2.25 bits per heavy atom. The van der Waals surface area contributed by atoms with Crippen LogP contribution in [0.1, 0.15) is 55.8 Å². The molecule has 2 unspecified atom stereocenters. The van der Waals surface area contributed by atoms with Gasteiger partial charge in [0, 0.05) is 19.3 Å². The van der Waals surface area contributed by atoms with Crippen molar-refractivity contribution in [3.8, 4) is 0 Å². The molecule has 1 saturated heterocycles. The highest BCUT2D eigenvalue weighted by atomic mass is 16.5. The van der Waals surface area contributed by atoms with Crippen molar-refractivity contribution >= 4 is 0 Å². The molecule has 2 aliphatic rings. The molecule has 0 saturated carbocycles. The van der Waals surface area contributed by atoms with Crippen LogP contribution in [0, 0.1) is 0 Å². The molecule has 0 spiro atoms.